The first-order chi connectivity index (χ1) is 60.1. The highest BCUT2D eigenvalue weighted by Crippen LogP contribution is 2.41. The number of anilines is 7. The molecule has 0 unspecified atom stereocenters. The van der Waals surface area contributed by atoms with Gasteiger partial charge in [0, 0.05) is 208 Å². The minimum absolute atomic E-state index is 0. The number of rotatable bonds is 24. The molecule has 32 heteroatoms. The predicted molar refractivity (Wildman–Crippen MR) is 531 cm³/mol. The van der Waals surface area contributed by atoms with Gasteiger partial charge in [0.1, 0.15) is 41.2 Å². The van der Waals surface area contributed by atoms with Gasteiger partial charge in [-0.05, 0) is 185 Å². The zero-order valence-corrected chi connectivity index (χ0v) is 76.7. The molecule has 11 heterocycles. The number of aromatic nitrogens is 12. The van der Waals surface area contributed by atoms with Gasteiger partial charge in [0.05, 0.1) is 44.1 Å². The molecule has 2 fully saturated rings. The van der Waals surface area contributed by atoms with Gasteiger partial charge in [-0.3, -0.25) is 44.1 Å². The summed E-state index contributed by atoms with van der Waals surface area (Å²) in [5, 5.41) is 34.6. The van der Waals surface area contributed by atoms with Gasteiger partial charge in [0.25, 0.3) is 17.7 Å². The molecule has 0 radical (unpaired) electrons. The predicted octanol–water partition coefficient (Wildman–Crippen LogP) is 17.2. The van der Waals surface area contributed by atoms with E-state index in [2.05, 4.69) is 150 Å². The number of ether oxygens (including phenoxy) is 2. The molecule has 129 heavy (non-hydrogen) atoms. The first kappa shape index (κ1) is 111. The number of aliphatic imine (C=N–C) groups is 3. The Hall–Kier alpha value is -13.7. The van der Waals surface area contributed by atoms with E-state index in [1.54, 1.807) is 106 Å². The number of carbonyl (C=O) groups is 5. The summed E-state index contributed by atoms with van der Waals surface area (Å²) in [5.74, 6) is 7.75. The molecule has 0 spiro atoms. The second-order valence-corrected chi connectivity index (χ2v) is 29.5. The maximum atomic E-state index is 11.9. The van der Waals surface area contributed by atoms with Crippen LogP contribution in [0, 0.1) is 6.92 Å². The van der Waals surface area contributed by atoms with Gasteiger partial charge in [0.2, 0.25) is 0 Å². The lowest BCUT2D eigenvalue weighted by Crippen LogP contribution is -2.22. The largest absolute Gasteiger partial charge is 0.465 e. The van der Waals surface area contributed by atoms with Gasteiger partial charge in [0.15, 0.2) is 11.7 Å². The van der Waals surface area contributed by atoms with Gasteiger partial charge < -0.3 is 61.8 Å². The van der Waals surface area contributed by atoms with Crippen molar-refractivity contribution in [3.63, 3.8) is 0 Å². The second kappa shape index (κ2) is 58.6. The Morgan fingerprint density at radius 3 is 1.53 bits per heavy atom. The quantitative estimate of drug-likeness (QED) is 0.0254. The van der Waals surface area contributed by atoms with Crippen molar-refractivity contribution >= 4 is 94.1 Å². The van der Waals surface area contributed by atoms with Crippen LogP contribution in [0.3, 0.4) is 0 Å². The number of hydrogen-bond donors (Lipinski definition) is 9. The number of esters is 2. The van der Waals surface area contributed by atoms with Crippen LogP contribution < -0.4 is 42.5 Å². The van der Waals surface area contributed by atoms with E-state index < -0.39 is 0 Å². The topological polar surface area (TPSA) is 393 Å². The second-order valence-electron chi connectivity index (χ2n) is 29.5. The van der Waals surface area contributed by atoms with E-state index in [0.717, 1.165) is 154 Å². The molecule has 2 aliphatic heterocycles. The molecule has 4 aliphatic rings. The summed E-state index contributed by atoms with van der Waals surface area (Å²) < 4.78 is 11.3. The third-order valence-electron chi connectivity index (χ3n) is 19.2. The Kier molecular flexibility index (Phi) is 50.6. The molecule has 14 rings (SSSR count). The van der Waals surface area contributed by atoms with Crippen molar-refractivity contribution in [2.75, 3.05) is 149 Å². The van der Waals surface area contributed by atoms with E-state index >= 15 is 0 Å². The Morgan fingerprint density at radius 1 is 0.527 bits per heavy atom. The molecule has 1 aromatic carbocycles. The first-order valence-corrected chi connectivity index (χ1v) is 41.9. The van der Waals surface area contributed by atoms with E-state index in [1.165, 1.54) is 63.1 Å². The van der Waals surface area contributed by atoms with Gasteiger partial charge in [-0.15, -0.1) is 0 Å². The van der Waals surface area contributed by atoms with Crippen LogP contribution in [0.2, 0.25) is 0 Å². The number of aryl methyl sites for hydroxylation is 6. The molecule has 9 aromatic heterocycles. The molecule has 698 valence electrons. The summed E-state index contributed by atoms with van der Waals surface area (Å²) in [7, 11) is 26.3. The number of carbonyl (C=O) groups excluding carboxylic acids is 5. The van der Waals surface area contributed by atoms with Crippen LogP contribution in [-0.4, -0.2) is 229 Å². The number of allylic oxidation sites excluding steroid dienone is 1. The van der Waals surface area contributed by atoms with Crippen LogP contribution in [0.4, 0.5) is 40.6 Å². The molecule has 9 N–H and O–H groups in total. The number of amidine groups is 1. The average molecular weight is 1770 g/mol. The van der Waals surface area contributed by atoms with Crippen molar-refractivity contribution in [3.05, 3.63) is 225 Å². The lowest BCUT2D eigenvalue weighted by atomic mass is 10.1. The van der Waals surface area contributed by atoms with Crippen molar-refractivity contribution in [3.8, 4) is 11.4 Å². The number of nitrogens with zero attached hydrogens (tertiary/aromatic N) is 16. The molecule has 2 aliphatic carbocycles. The standard InChI is InChI=1S/C13H21N3O.C12H17N3O.C12H17NO2.C11H15NO2.C10H12N4.C10H11N3.C9H12N2O.C8H9N5.C8H13N3.4CH4/c1-5-6-7-11-8-10(13(17)16(3)4)9-12(14-2)15-11;1-13-11-7-9(12(16)15(2)3)6-10(14-11)8-4-5-8;1-5-10-6-9(12(14)15-4)7-11(13-10)8(2)3;1-4-9-6-8(11(13)14-3)7-10(5-2)12-9;1-7-5-8(6-9(11-2)14-7)10-12-3-4-13-10;1-11-10-6-8(3-5-13-10)9-2-4-12-7-9;1-10-8-5-3-4-7(6-8)9(12)11-2;1-9-7-4-6(2-3-10-7)8-11-5-12-13-8;1-9-8-5-7(6-3-4-6)10-11(8)2;;;;/h8-9H,5-7H2,1-4H3,(H,14,15);6-8H,4-5H2,1-3H3,(H,13,14);6-8H,5H2,1-4H3;6-7H,4-5H2,1-3H3;3,5-6H,4H2,1-2H3,(H,11,14);2-3,5-7H,4H2,1H3,(H,11,13);3-6,10H,1-2H3,(H,11,12);2-5H,1H3,(H,9,10)(H,11,12,13);5-6,9H,3-4H2,1-2H3;4*1H4. The molecule has 3 amide bonds. The number of methoxy groups -OCH3 is 2. The summed E-state index contributed by atoms with van der Waals surface area (Å²) >= 11 is 0. The van der Waals surface area contributed by atoms with Crippen LogP contribution in [-0.2, 0) is 42.2 Å². The fourth-order valence-corrected chi connectivity index (χ4v) is 11.8. The zero-order valence-electron chi connectivity index (χ0n) is 76.7. The van der Waals surface area contributed by atoms with E-state index in [0.29, 0.717) is 46.2 Å². The lowest BCUT2D eigenvalue weighted by molar-refractivity contribution is 0.0591. The van der Waals surface area contributed by atoms with Gasteiger partial charge in [-0.1, -0.05) is 89.8 Å². The number of hydrogen-bond acceptors (Lipinski definition) is 27. The molecule has 0 bridgehead atoms. The maximum absolute atomic E-state index is 11.9. The monoisotopic (exact) mass is 1770 g/mol. The molecule has 10 aromatic rings. The molecular weight excluding hydrogens is 1630 g/mol. The fraction of sp³-hybridized carbons (Fsp3) is 0.423. The Bertz CT molecular complexity index is 5200. The van der Waals surface area contributed by atoms with Crippen molar-refractivity contribution < 1.29 is 33.4 Å². The smallest absolute Gasteiger partial charge is 0.337 e. The number of nitrogens with one attached hydrogen (secondary N) is 9. The van der Waals surface area contributed by atoms with E-state index in [-0.39, 0.29) is 59.4 Å². The maximum Gasteiger partial charge on any atom is 0.337 e. The molecule has 32 nitrogen and oxygen atoms in total. The Morgan fingerprint density at radius 2 is 1.05 bits per heavy atom. The van der Waals surface area contributed by atoms with Gasteiger partial charge in [-0.2, -0.15) is 10.2 Å². The van der Waals surface area contributed by atoms with Crippen molar-refractivity contribution in [2.24, 2.45) is 22.0 Å². The molecule has 2 saturated carbocycles. The van der Waals surface area contributed by atoms with Gasteiger partial charge >= 0.3 is 11.9 Å². The summed E-state index contributed by atoms with van der Waals surface area (Å²) in [6.45, 7) is 15.8. The van der Waals surface area contributed by atoms with E-state index in [1.807, 2.05) is 162 Å². The minimum atomic E-state index is -0.297. The number of H-pyrrole nitrogens is 1. The average Bonchev–Trinajstić information content (AvgIpc) is 1.72. The molecule has 0 atom stereocenters. The number of benzene rings is 1. The van der Waals surface area contributed by atoms with Crippen LogP contribution in [0.15, 0.2) is 155 Å². The third kappa shape index (κ3) is 37.0. The summed E-state index contributed by atoms with van der Waals surface area (Å²) in [4.78, 5) is 108. The van der Waals surface area contributed by atoms with E-state index in [4.69, 9.17) is 4.74 Å². The Labute approximate surface area is 765 Å². The molecule has 0 saturated heterocycles. The van der Waals surface area contributed by atoms with Crippen LogP contribution >= 0.6 is 0 Å². The van der Waals surface area contributed by atoms with Crippen LogP contribution in [0.5, 0.6) is 0 Å². The number of unbranched alkanes of at least 4 members (excludes halogenated alkanes) is 1. The Balaban J connectivity index is 0.000000490. The fourth-order valence-electron chi connectivity index (χ4n) is 11.8. The minimum Gasteiger partial charge on any atom is -0.465 e. The van der Waals surface area contributed by atoms with Crippen LogP contribution in [0.1, 0.15) is 236 Å². The van der Waals surface area contributed by atoms with Crippen LogP contribution in [0.25, 0.3) is 17.0 Å². The highest BCUT2D eigenvalue weighted by atomic mass is 16.5. The summed E-state index contributed by atoms with van der Waals surface area (Å²) in [5.41, 5.74) is 16.5. The summed E-state index contributed by atoms with van der Waals surface area (Å²) in [6.07, 6.45) is 21.5. The van der Waals surface area contributed by atoms with Crippen molar-refractivity contribution in [2.45, 2.75) is 160 Å². The highest BCUT2D eigenvalue weighted by molar-refractivity contribution is 6.11. The SMILES string of the molecule is C.C.C.C.CCCCc1cc(C(=O)N(C)C)cc(NC)n1.CCc1cc(C(=O)OC)cc(C(C)C)n1.CCc1cc(C(=O)OC)cc(CC)n1.CNC(=O)c1cccc(NC)c1.CNc1cc(-c2ncn[nH]2)ccn1.CNc1cc(C(=O)N(C)C)cc(C2CC2)n1.CNc1cc(C2=CCN=C2)ccn1.CNc1cc(C2=NCC=N2)cc(C)n1.CNc1cc(C2CC2)nn1C. The van der Waals surface area contributed by atoms with E-state index in [9.17, 15) is 24.0 Å². The normalized spacial score (nSPS) is 11.7. The highest BCUT2D eigenvalue weighted by Gasteiger charge is 2.28. The number of amides is 3. The number of aromatic amines is 1. The van der Waals surface area contributed by atoms with Gasteiger partial charge in [-0.25, -0.2) is 44.5 Å². The number of pyridine rings is 7. The van der Waals surface area contributed by atoms with Crippen molar-refractivity contribution in [1.29, 1.82) is 0 Å². The zero-order chi connectivity index (χ0) is 91.5. The third-order valence-corrected chi connectivity index (χ3v) is 19.2. The lowest BCUT2D eigenvalue weighted by Gasteiger charge is -2.12. The summed E-state index contributed by atoms with van der Waals surface area (Å²) in [6, 6.07) is 35.7. The van der Waals surface area contributed by atoms with Crippen molar-refractivity contribution in [1.82, 2.24) is 75.0 Å². The first-order valence-electron chi connectivity index (χ1n) is 41.9. The molecular formula is C97H143N25O7.